The van der Waals surface area contributed by atoms with Gasteiger partial charge in [0.1, 0.15) is 12.4 Å². The van der Waals surface area contributed by atoms with Crippen molar-refractivity contribution in [1.82, 2.24) is 0 Å². The molecule has 4 N–H and O–H groups in total. The zero-order valence-corrected chi connectivity index (χ0v) is 22.5. The molecule has 1 aliphatic heterocycles. The molecule has 2 bridgehead atoms. The Labute approximate surface area is 222 Å². The van der Waals surface area contributed by atoms with Crippen LogP contribution in [0.1, 0.15) is 52.5 Å². The third-order valence-corrected chi connectivity index (χ3v) is 6.88. The first kappa shape index (κ1) is 31.1. The fourth-order valence-electron chi connectivity index (χ4n) is 4.79. The lowest BCUT2D eigenvalue weighted by molar-refractivity contribution is -0.114. The topological polar surface area (TPSA) is 128 Å². The summed E-state index contributed by atoms with van der Waals surface area (Å²) >= 11 is 0. The minimum absolute atomic E-state index is 0.0979. The number of aldehydes is 1. The van der Waals surface area contributed by atoms with E-state index >= 15 is 0 Å². The normalized spacial score (nSPS) is 30.8. The molecule has 1 aliphatic rings. The second-order valence-electron chi connectivity index (χ2n) is 10.1. The van der Waals surface area contributed by atoms with Crippen LogP contribution in [-0.4, -0.2) is 48.8 Å². The molecule has 2 rings (SSSR count). The second kappa shape index (κ2) is 14.2. The molecule has 6 atom stereocenters. The maximum Gasteiger partial charge on any atom is 0.405 e. The van der Waals surface area contributed by atoms with E-state index < -0.39 is 53.8 Å². The zero-order chi connectivity index (χ0) is 28.6. The molecule has 2 amide bonds. The van der Waals surface area contributed by atoms with Crippen LogP contribution in [-0.2, 0) is 25.5 Å². The fourth-order valence-corrected chi connectivity index (χ4v) is 4.79. The summed E-state index contributed by atoms with van der Waals surface area (Å²) < 4.78 is 39.8. The van der Waals surface area contributed by atoms with Crippen LogP contribution in [0.5, 0.6) is 0 Å². The van der Waals surface area contributed by atoms with Crippen LogP contribution in [0.25, 0.3) is 0 Å². The van der Waals surface area contributed by atoms with E-state index in [-0.39, 0.29) is 30.0 Å². The van der Waals surface area contributed by atoms with E-state index in [2.05, 4.69) is 5.32 Å². The number of carbonyl (C=O) groups is 3. The molecule has 0 radical (unpaired) electrons. The van der Waals surface area contributed by atoms with Crippen LogP contribution in [0.2, 0.25) is 0 Å². The van der Waals surface area contributed by atoms with E-state index in [1.807, 2.05) is 6.92 Å². The molecule has 0 saturated heterocycles. The predicted molar refractivity (Wildman–Crippen MR) is 139 cm³/mol. The van der Waals surface area contributed by atoms with Crippen LogP contribution < -0.4 is 11.1 Å². The minimum atomic E-state index is -1.08. The van der Waals surface area contributed by atoms with Crippen molar-refractivity contribution in [3.8, 4) is 0 Å². The number of carbonyl (C=O) groups excluding carboxylic acids is 3. The van der Waals surface area contributed by atoms with Gasteiger partial charge in [0.15, 0.2) is 11.6 Å². The molecular formula is C28H38F2N2O6. The van der Waals surface area contributed by atoms with Gasteiger partial charge in [-0.2, -0.15) is 0 Å². The molecule has 1 heterocycles. The highest BCUT2D eigenvalue weighted by Crippen LogP contribution is 2.28. The van der Waals surface area contributed by atoms with Crippen LogP contribution in [0.4, 0.5) is 19.3 Å². The molecule has 8 nitrogen and oxygen atoms in total. The van der Waals surface area contributed by atoms with Gasteiger partial charge in [-0.25, -0.2) is 13.6 Å². The number of nitrogens with one attached hydrogen (secondary N) is 1. The standard InChI is InChI=1S/C28H38F2N2O6/c1-15-9-20-12-21(13-22(29)24(20)30)32-27(35)16(2)7-6-8-19(14-33)26(38-28(31)36)18(4)11-17(3)25(34)23(10-15)37-5/h7,11-15,17,19,23,25-26,34H,6,8-10H2,1-5H3,(H2,31,36)(H,32,35)/b16-7+,18-11+/t15-,17+,19-,23+,25-,26+/m1/s1. The third-order valence-electron chi connectivity index (χ3n) is 6.88. The number of rotatable bonds is 3. The van der Waals surface area contributed by atoms with E-state index in [1.165, 1.54) is 13.2 Å². The molecule has 0 saturated carbocycles. The van der Waals surface area contributed by atoms with Gasteiger partial charge in [-0.3, -0.25) is 4.79 Å². The van der Waals surface area contributed by atoms with Crippen LogP contribution >= 0.6 is 0 Å². The molecule has 38 heavy (non-hydrogen) atoms. The summed E-state index contributed by atoms with van der Waals surface area (Å²) in [7, 11) is 1.45. The van der Waals surface area contributed by atoms with Crippen molar-refractivity contribution in [1.29, 1.82) is 0 Å². The molecule has 0 aliphatic carbocycles. The largest absolute Gasteiger partial charge is 0.441 e. The van der Waals surface area contributed by atoms with E-state index in [0.717, 1.165) is 6.07 Å². The Kier molecular flexibility index (Phi) is 11.6. The summed E-state index contributed by atoms with van der Waals surface area (Å²) in [5.41, 5.74) is 6.31. The summed E-state index contributed by atoms with van der Waals surface area (Å²) in [6.07, 6.45) is 1.34. The highest BCUT2D eigenvalue weighted by Gasteiger charge is 2.30. The van der Waals surface area contributed by atoms with Crippen molar-refractivity contribution in [2.45, 2.75) is 71.7 Å². The summed E-state index contributed by atoms with van der Waals surface area (Å²) in [5, 5.41) is 13.6. The summed E-state index contributed by atoms with van der Waals surface area (Å²) in [6, 6.07) is 2.32. The number of aliphatic hydroxyl groups excluding tert-OH is 1. The Bertz CT molecular complexity index is 1070. The summed E-state index contributed by atoms with van der Waals surface area (Å²) in [6.45, 7) is 6.83. The predicted octanol–water partition coefficient (Wildman–Crippen LogP) is 4.45. The van der Waals surface area contributed by atoms with Gasteiger partial charge in [0.05, 0.1) is 18.1 Å². The van der Waals surface area contributed by atoms with Crippen molar-refractivity contribution in [3.05, 3.63) is 52.6 Å². The first-order valence-corrected chi connectivity index (χ1v) is 12.6. The number of hydrogen-bond donors (Lipinski definition) is 3. The Morgan fingerprint density at radius 1 is 1.24 bits per heavy atom. The molecule has 1 aromatic carbocycles. The van der Waals surface area contributed by atoms with Crippen molar-refractivity contribution in [3.63, 3.8) is 0 Å². The number of ether oxygens (including phenoxy) is 2. The first-order valence-electron chi connectivity index (χ1n) is 12.6. The van der Waals surface area contributed by atoms with Crippen molar-refractivity contribution >= 4 is 24.0 Å². The van der Waals surface area contributed by atoms with Crippen LogP contribution in [0.15, 0.2) is 35.4 Å². The van der Waals surface area contributed by atoms with Gasteiger partial charge in [-0.05, 0) is 62.7 Å². The number of halogens is 2. The SMILES string of the molecule is CO[C@H]1C[C@H](C)Cc2cc(cc(F)c2F)NC(=O)/C(C)=C/CC[C@H](C=O)[C@@H](OC(N)=O)/C(C)=C/[C@H](C)[C@H]1O. The number of allylic oxidation sites excluding steroid dienone is 1. The van der Waals surface area contributed by atoms with Gasteiger partial charge in [0.25, 0.3) is 5.91 Å². The lowest BCUT2D eigenvalue weighted by Gasteiger charge is -2.29. The highest BCUT2D eigenvalue weighted by atomic mass is 19.2. The number of benzene rings is 1. The molecule has 1 aromatic rings. The van der Waals surface area contributed by atoms with Gasteiger partial charge in [0, 0.05) is 30.4 Å². The number of fused-ring (bicyclic) bond motifs is 2. The lowest BCUT2D eigenvalue weighted by atomic mass is 9.87. The van der Waals surface area contributed by atoms with E-state index in [1.54, 1.807) is 32.9 Å². The molecule has 10 heteroatoms. The number of nitrogens with two attached hydrogens (primary N) is 1. The van der Waals surface area contributed by atoms with Gasteiger partial charge in [0.2, 0.25) is 0 Å². The Balaban J connectivity index is 2.51. The van der Waals surface area contributed by atoms with Gasteiger partial charge in [-0.15, -0.1) is 0 Å². The van der Waals surface area contributed by atoms with E-state index in [0.29, 0.717) is 30.3 Å². The molecular weight excluding hydrogens is 498 g/mol. The van der Waals surface area contributed by atoms with Crippen LogP contribution in [0.3, 0.4) is 0 Å². The number of methoxy groups -OCH3 is 1. The Hall–Kier alpha value is -3.11. The van der Waals surface area contributed by atoms with Crippen LogP contribution in [0, 0.1) is 29.4 Å². The summed E-state index contributed by atoms with van der Waals surface area (Å²) in [4.78, 5) is 36.2. The Morgan fingerprint density at radius 3 is 2.53 bits per heavy atom. The maximum atomic E-state index is 14.6. The second-order valence-corrected chi connectivity index (χ2v) is 10.1. The number of anilines is 1. The van der Waals surface area contributed by atoms with Gasteiger partial charge < -0.3 is 30.4 Å². The zero-order valence-electron chi connectivity index (χ0n) is 22.5. The average molecular weight is 537 g/mol. The maximum absolute atomic E-state index is 14.6. The smallest absolute Gasteiger partial charge is 0.405 e. The lowest BCUT2D eigenvalue weighted by Crippen LogP contribution is -2.36. The van der Waals surface area contributed by atoms with Gasteiger partial charge >= 0.3 is 6.09 Å². The first-order chi connectivity index (χ1) is 17.9. The highest BCUT2D eigenvalue weighted by molar-refractivity contribution is 6.03. The Morgan fingerprint density at radius 2 is 1.92 bits per heavy atom. The average Bonchev–Trinajstić information content (AvgIpc) is 2.85. The van der Waals surface area contributed by atoms with Gasteiger partial charge in [-0.1, -0.05) is 26.0 Å². The fraction of sp³-hybridized carbons (Fsp3) is 0.536. The third kappa shape index (κ3) is 8.46. The van der Waals surface area contributed by atoms with E-state index in [9.17, 15) is 28.3 Å². The molecule has 0 aromatic heterocycles. The molecule has 0 spiro atoms. The number of amides is 2. The minimum Gasteiger partial charge on any atom is -0.441 e. The molecule has 0 fully saturated rings. The molecule has 0 unspecified atom stereocenters. The monoisotopic (exact) mass is 536 g/mol. The van der Waals surface area contributed by atoms with Crippen molar-refractivity contribution in [2.24, 2.45) is 23.5 Å². The number of aliphatic hydroxyl groups is 1. The summed E-state index contributed by atoms with van der Waals surface area (Å²) in [5.74, 6) is -4.03. The molecule has 210 valence electrons. The number of hydrogen-bond acceptors (Lipinski definition) is 6. The number of primary amides is 1. The van der Waals surface area contributed by atoms with E-state index in [4.69, 9.17) is 15.2 Å². The quantitative estimate of drug-likeness (QED) is 0.387. The van der Waals surface area contributed by atoms with Crippen molar-refractivity contribution in [2.75, 3.05) is 12.4 Å². The van der Waals surface area contributed by atoms with Crippen molar-refractivity contribution < 1.29 is 37.7 Å².